The van der Waals surface area contributed by atoms with Gasteiger partial charge in [0.05, 0.1) is 31.1 Å². The van der Waals surface area contributed by atoms with Gasteiger partial charge in [0.15, 0.2) is 5.65 Å². The Morgan fingerprint density at radius 3 is 2.97 bits per heavy atom. The molecule has 0 unspecified atom stereocenters. The number of H-pyrrole nitrogens is 1. The van der Waals surface area contributed by atoms with E-state index in [1.54, 1.807) is 47.6 Å². The number of rotatable bonds is 6. The van der Waals surface area contributed by atoms with Crippen molar-refractivity contribution in [1.29, 1.82) is 0 Å². The van der Waals surface area contributed by atoms with Crippen molar-refractivity contribution in [3.63, 3.8) is 0 Å². The highest BCUT2D eigenvalue weighted by molar-refractivity contribution is 5.59. The number of aliphatic hydroxyl groups excluding tert-OH is 1. The van der Waals surface area contributed by atoms with Crippen LogP contribution >= 0.6 is 0 Å². The van der Waals surface area contributed by atoms with Crippen LogP contribution in [0.4, 0.5) is 10.2 Å². The topological polar surface area (TPSA) is 126 Å². The highest BCUT2D eigenvalue weighted by Crippen LogP contribution is 2.20. The molecule has 0 aromatic carbocycles. The van der Waals surface area contributed by atoms with Crippen molar-refractivity contribution in [2.45, 2.75) is 32.5 Å². The van der Waals surface area contributed by atoms with Crippen LogP contribution in [0.3, 0.4) is 0 Å². The zero-order valence-electron chi connectivity index (χ0n) is 15.7. The van der Waals surface area contributed by atoms with Crippen molar-refractivity contribution >= 4 is 11.5 Å². The van der Waals surface area contributed by atoms with Gasteiger partial charge in [-0.1, -0.05) is 5.21 Å². The lowest BCUT2D eigenvalue weighted by Gasteiger charge is -2.14. The first-order valence-corrected chi connectivity index (χ1v) is 8.98. The van der Waals surface area contributed by atoms with E-state index in [-0.39, 0.29) is 11.1 Å². The molecule has 0 fully saturated rings. The molecule has 0 aliphatic rings. The zero-order valence-corrected chi connectivity index (χ0v) is 15.7. The molecule has 0 aliphatic carbocycles. The number of nitrogens with one attached hydrogen (secondary N) is 2. The zero-order chi connectivity index (χ0) is 20.5. The van der Waals surface area contributed by atoms with Crippen molar-refractivity contribution in [2.24, 2.45) is 0 Å². The van der Waals surface area contributed by atoms with Crippen LogP contribution in [-0.2, 0) is 6.54 Å². The molecule has 0 bridgehead atoms. The molecule has 4 heterocycles. The summed E-state index contributed by atoms with van der Waals surface area (Å²) in [6, 6.07) is 4.21. The quantitative estimate of drug-likeness (QED) is 0.448. The minimum Gasteiger partial charge on any atom is -0.391 e. The Bertz CT molecular complexity index is 1210. The number of hydrogen-bond donors (Lipinski definition) is 3. The summed E-state index contributed by atoms with van der Waals surface area (Å²) in [5, 5.41) is 25.2. The summed E-state index contributed by atoms with van der Waals surface area (Å²) in [6.45, 7) is 3.73. The van der Waals surface area contributed by atoms with E-state index in [2.05, 4.69) is 30.7 Å². The van der Waals surface area contributed by atoms with Gasteiger partial charge in [0.1, 0.15) is 23.0 Å². The van der Waals surface area contributed by atoms with Crippen LogP contribution in [0.5, 0.6) is 0 Å². The van der Waals surface area contributed by atoms with Gasteiger partial charge in [0.25, 0.3) is 5.56 Å². The summed E-state index contributed by atoms with van der Waals surface area (Å²) in [5.41, 5.74) is 1.67. The largest absolute Gasteiger partial charge is 0.391 e. The maximum absolute atomic E-state index is 13.5. The molecule has 10 nitrogen and oxygen atoms in total. The normalized spacial score (nSPS) is 13.5. The first-order valence-electron chi connectivity index (χ1n) is 8.98. The van der Waals surface area contributed by atoms with E-state index in [0.717, 1.165) is 6.20 Å². The number of nitrogens with zero attached hydrogens (tertiary/aromatic N) is 6. The van der Waals surface area contributed by atoms with Crippen molar-refractivity contribution in [3.8, 4) is 11.4 Å². The van der Waals surface area contributed by atoms with Gasteiger partial charge in [-0.2, -0.15) is 0 Å². The number of halogens is 1. The third kappa shape index (κ3) is 3.85. The second-order valence-electron chi connectivity index (χ2n) is 6.78. The van der Waals surface area contributed by atoms with Crippen LogP contribution in [0.25, 0.3) is 17.0 Å². The van der Waals surface area contributed by atoms with Crippen molar-refractivity contribution in [2.75, 3.05) is 5.32 Å². The standard InChI is InChI=1S/C18H19FN8O2/c1-10(28)8-26-9-14(23-25-26)15-7-20-17-4-3-16(24-27(15)17)22-11(2)13-5-12(19)6-21-18(13)29/h3-7,9-11,28H,8H2,1-2H3,(H,21,29)(H,22,24)/t10-,11-/m1/s1. The lowest BCUT2D eigenvalue weighted by molar-refractivity contribution is 0.167. The second kappa shape index (κ2) is 7.43. The highest BCUT2D eigenvalue weighted by Gasteiger charge is 2.15. The number of aliphatic hydroxyl groups is 1. The maximum atomic E-state index is 13.5. The minimum atomic E-state index is -0.548. The molecule has 0 aliphatic heterocycles. The average molecular weight is 398 g/mol. The van der Waals surface area contributed by atoms with Gasteiger partial charge in [0, 0.05) is 11.8 Å². The summed E-state index contributed by atoms with van der Waals surface area (Å²) in [5.74, 6) is -0.0434. The summed E-state index contributed by atoms with van der Waals surface area (Å²) in [7, 11) is 0. The molecule has 0 amide bonds. The third-order valence-electron chi connectivity index (χ3n) is 4.34. The molecule has 11 heteroatoms. The predicted octanol–water partition coefficient (Wildman–Crippen LogP) is 1.37. The maximum Gasteiger partial charge on any atom is 0.253 e. The average Bonchev–Trinajstić information content (AvgIpc) is 3.29. The number of fused-ring (bicyclic) bond motifs is 1. The number of aromatic nitrogens is 7. The van der Waals surface area contributed by atoms with Crippen LogP contribution < -0.4 is 10.9 Å². The predicted molar refractivity (Wildman–Crippen MR) is 103 cm³/mol. The Labute approximate surface area is 164 Å². The first-order chi connectivity index (χ1) is 13.9. The lowest BCUT2D eigenvalue weighted by Crippen LogP contribution is -2.20. The van der Waals surface area contributed by atoms with E-state index in [4.69, 9.17) is 0 Å². The van der Waals surface area contributed by atoms with Crippen LogP contribution in [0.2, 0.25) is 0 Å². The molecular weight excluding hydrogens is 379 g/mol. The molecular formula is C18H19FN8O2. The Morgan fingerprint density at radius 1 is 1.34 bits per heavy atom. The summed E-state index contributed by atoms with van der Waals surface area (Å²) < 4.78 is 16.6. The van der Waals surface area contributed by atoms with E-state index in [1.807, 2.05) is 0 Å². The molecule has 150 valence electrons. The number of imidazole rings is 1. The van der Waals surface area contributed by atoms with Crippen LogP contribution in [0, 0.1) is 5.82 Å². The molecule has 4 aromatic heterocycles. The Hall–Kier alpha value is -3.60. The highest BCUT2D eigenvalue weighted by atomic mass is 19.1. The van der Waals surface area contributed by atoms with Gasteiger partial charge >= 0.3 is 0 Å². The van der Waals surface area contributed by atoms with Gasteiger partial charge in [-0.15, -0.1) is 10.2 Å². The molecule has 3 N–H and O–H groups in total. The van der Waals surface area contributed by atoms with E-state index < -0.39 is 18.0 Å². The minimum absolute atomic E-state index is 0.263. The molecule has 0 spiro atoms. The van der Waals surface area contributed by atoms with Crippen LogP contribution in [-0.4, -0.2) is 45.8 Å². The molecule has 0 saturated carbocycles. The fourth-order valence-electron chi connectivity index (χ4n) is 3.00. The fourth-order valence-corrected chi connectivity index (χ4v) is 3.00. The van der Waals surface area contributed by atoms with E-state index in [0.29, 0.717) is 29.4 Å². The van der Waals surface area contributed by atoms with E-state index in [1.165, 1.54) is 6.07 Å². The van der Waals surface area contributed by atoms with Gasteiger partial charge in [-0.3, -0.25) is 4.79 Å². The van der Waals surface area contributed by atoms with Crippen molar-refractivity contribution in [1.82, 2.24) is 34.6 Å². The van der Waals surface area contributed by atoms with Gasteiger partial charge in [-0.05, 0) is 32.0 Å². The molecule has 2 atom stereocenters. The van der Waals surface area contributed by atoms with E-state index >= 15 is 0 Å². The monoisotopic (exact) mass is 398 g/mol. The molecule has 0 radical (unpaired) electrons. The molecule has 4 rings (SSSR count). The SMILES string of the molecule is C[C@@H](O)Cn1cc(-c2cnc3ccc(N[C@H](C)c4cc(F)c[nH]c4=O)nn23)nn1. The summed E-state index contributed by atoms with van der Waals surface area (Å²) >= 11 is 0. The second-order valence-corrected chi connectivity index (χ2v) is 6.78. The van der Waals surface area contributed by atoms with Crippen molar-refractivity contribution < 1.29 is 9.50 Å². The Kier molecular flexibility index (Phi) is 4.80. The smallest absolute Gasteiger partial charge is 0.253 e. The van der Waals surface area contributed by atoms with Crippen LogP contribution in [0.1, 0.15) is 25.5 Å². The lowest BCUT2D eigenvalue weighted by atomic mass is 10.1. The number of aromatic amines is 1. The third-order valence-corrected chi connectivity index (χ3v) is 4.34. The van der Waals surface area contributed by atoms with Crippen LogP contribution in [0.15, 0.2) is 41.6 Å². The van der Waals surface area contributed by atoms with E-state index in [9.17, 15) is 14.3 Å². The Morgan fingerprint density at radius 2 is 2.17 bits per heavy atom. The molecule has 29 heavy (non-hydrogen) atoms. The molecule has 0 saturated heterocycles. The van der Waals surface area contributed by atoms with Gasteiger partial charge < -0.3 is 15.4 Å². The number of anilines is 1. The summed E-state index contributed by atoms with van der Waals surface area (Å²) in [4.78, 5) is 18.6. The number of pyridine rings is 1. The first kappa shape index (κ1) is 18.7. The fraction of sp³-hybridized carbons (Fsp3) is 0.278. The van der Waals surface area contributed by atoms with Crippen molar-refractivity contribution in [3.05, 3.63) is 58.5 Å². The van der Waals surface area contributed by atoms with Gasteiger partial charge in [0.2, 0.25) is 0 Å². The molecule has 4 aromatic rings. The number of hydrogen-bond acceptors (Lipinski definition) is 7. The Balaban J connectivity index is 1.64. The summed E-state index contributed by atoms with van der Waals surface area (Å²) in [6.07, 6.45) is 3.80. The van der Waals surface area contributed by atoms with Gasteiger partial charge in [-0.25, -0.2) is 18.6 Å².